The summed E-state index contributed by atoms with van der Waals surface area (Å²) in [5.41, 5.74) is 4.39. The lowest BCUT2D eigenvalue weighted by Crippen LogP contribution is -2.49. The Bertz CT molecular complexity index is 1110. The van der Waals surface area contributed by atoms with E-state index in [9.17, 15) is 9.59 Å². The topological polar surface area (TPSA) is 49.9 Å². The second-order valence-corrected chi connectivity index (χ2v) is 8.33. The molecule has 0 atom stereocenters. The van der Waals surface area contributed by atoms with Crippen LogP contribution in [0.4, 0.5) is 0 Å². The van der Waals surface area contributed by atoms with E-state index in [4.69, 9.17) is 4.74 Å². The predicted octanol–water partition coefficient (Wildman–Crippen LogP) is 3.44. The van der Waals surface area contributed by atoms with Crippen molar-refractivity contribution in [1.29, 1.82) is 0 Å². The Morgan fingerprint density at radius 1 is 0.806 bits per heavy atom. The van der Waals surface area contributed by atoms with Crippen molar-refractivity contribution in [2.75, 3.05) is 32.8 Å². The van der Waals surface area contributed by atoms with Gasteiger partial charge < -0.3 is 9.64 Å². The lowest BCUT2D eigenvalue weighted by atomic mass is 10.00. The van der Waals surface area contributed by atoms with E-state index in [2.05, 4.69) is 23.1 Å². The van der Waals surface area contributed by atoms with Crippen LogP contribution in [0.3, 0.4) is 0 Å². The molecule has 1 fully saturated rings. The van der Waals surface area contributed by atoms with Gasteiger partial charge in [-0.1, -0.05) is 54.6 Å². The van der Waals surface area contributed by atoms with E-state index in [1.54, 1.807) is 4.90 Å². The Hall–Kier alpha value is -3.18. The molecule has 0 bridgehead atoms. The number of ether oxygens (including phenoxy) is 1. The summed E-state index contributed by atoms with van der Waals surface area (Å²) in [6.45, 7) is 3.64. The minimum Gasteiger partial charge on any atom is -0.452 e. The van der Waals surface area contributed by atoms with Crippen LogP contribution in [-0.2, 0) is 28.9 Å². The van der Waals surface area contributed by atoms with E-state index >= 15 is 0 Å². The predicted molar refractivity (Wildman–Crippen MR) is 120 cm³/mol. The number of esters is 1. The molecule has 5 heteroatoms. The van der Waals surface area contributed by atoms with E-state index in [1.165, 1.54) is 22.1 Å². The van der Waals surface area contributed by atoms with Crippen molar-refractivity contribution in [2.45, 2.75) is 19.4 Å². The normalized spacial score (nSPS) is 15.9. The number of nitrogens with zero attached hydrogens (tertiary/aromatic N) is 2. The minimum absolute atomic E-state index is 0.126. The van der Waals surface area contributed by atoms with Gasteiger partial charge in [0.15, 0.2) is 6.61 Å². The summed E-state index contributed by atoms with van der Waals surface area (Å²) in [4.78, 5) is 29.5. The van der Waals surface area contributed by atoms with Gasteiger partial charge >= 0.3 is 5.97 Å². The molecular weight excluding hydrogens is 388 g/mol. The fourth-order valence-electron chi connectivity index (χ4n) is 4.72. The van der Waals surface area contributed by atoms with Gasteiger partial charge in [0.25, 0.3) is 5.91 Å². The molecule has 1 aliphatic carbocycles. The summed E-state index contributed by atoms with van der Waals surface area (Å²) in [5.74, 6) is -0.551. The second-order valence-electron chi connectivity index (χ2n) is 8.33. The Labute approximate surface area is 182 Å². The molecule has 3 aromatic carbocycles. The zero-order valence-electron chi connectivity index (χ0n) is 17.5. The maximum absolute atomic E-state index is 12.7. The van der Waals surface area contributed by atoms with Crippen molar-refractivity contribution >= 4 is 22.6 Å². The number of piperazine rings is 1. The average Bonchev–Trinajstić information content (AvgIpc) is 3.24. The van der Waals surface area contributed by atoms with Crippen molar-refractivity contribution in [3.05, 3.63) is 82.9 Å². The smallest absolute Gasteiger partial charge is 0.339 e. The van der Waals surface area contributed by atoms with E-state index in [0.29, 0.717) is 18.7 Å². The number of carbonyl (C=O) groups is 2. The van der Waals surface area contributed by atoms with Gasteiger partial charge in [-0.15, -0.1) is 0 Å². The zero-order chi connectivity index (χ0) is 21.2. The molecule has 2 aliphatic rings. The average molecular weight is 415 g/mol. The standard InChI is InChI=1S/C26H26N2O3/c29-24(28-15-13-27(14-16-28)17-19-5-2-1-3-6-19)18-31-26(30)23-12-11-21-10-9-20-7-4-8-22(23)25(20)21/h1-8,11-12H,9-10,13-18H2. The van der Waals surface area contributed by atoms with Crippen molar-refractivity contribution in [2.24, 2.45) is 0 Å². The highest BCUT2D eigenvalue weighted by atomic mass is 16.5. The van der Waals surface area contributed by atoms with Crippen molar-refractivity contribution in [3.8, 4) is 0 Å². The molecule has 0 saturated carbocycles. The SMILES string of the molecule is O=C(OCC(=O)N1CCN(Cc2ccccc2)CC1)c1ccc2c3c(cccc13)CC2. The van der Waals surface area contributed by atoms with Gasteiger partial charge in [0, 0.05) is 32.7 Å². The number of carbonyl (C=O) groups excluding carboxylic acids is 2. The molecule has 0 aromatic heterocycles. The fraction of sp³-hybridized carbons (Fsp3) is 0.308. The van der Waals surface area contributed by atoms with Crippen LogP contribution in [-0.4, -0.2) is 54.5 Å². The van der Waals surface area contributed by atoms with Gasteiger partial charge in [-0.25, -0.2) is 4.79 Å². The van der Waals surface area contributed by atoms with Crippen molar-refractivity contribution in [1.82, 2.24) is 9.80 Å². The summed E-state index contributed by atoms with van der Waals surface area (Å²) in [5, 5.41) is 2.11. The number of aryl methyl sites for hydroxylation is 2. The molecule has 31 heavy (non-hydrogen) atoms. The highest BCUT2D eigenvalue weighted by Gasteiger charge is 2.24. The van der Waals surface area contributed by atoms with Crippen LogP contribution >= 0.6 is 0 Å². The van der Waals surface area contributed by atoms with Crippen LogP contribution < -0.4 is 0 Å². The first-order chi connectivity index (χ1) is 15.2. The molecule has 1 heterocycles. The quantitative estimate of drug-likeness (QED) is 0.600. The van der Waals surface area contributed by atoms with Crippen LogP contribution in [0.1, 0.15) is 27.0 Å². The van der Waals surface area contributed by atoms with Crippen LogP contribution in [0.15, 0.2) is 60.7 Å². The Kier molecular flexibility index (Phi) is 5.43. The van der Waals surface area contributed by atoms with Gasteiger partial charge in [-0.2, -0.15) is 0 Å². The molecule has 1 aliphatic heterocycles. The lowest BCUT2D eigenvalue weighted by Gasteiger charge is -2.34. The third kappa shape index (κ3) is 4.06. The molecular formula is C26H26N2O3. The number of benzene rings is 3. The highest BCUT2D eigenvalue weighted by Crippen LogP contribution is 2.33. The molecule has 3 aromatic rings. The van der Waals surface area contributed by atoms with Crippen LogP contribution in [0.25, 0.3) is 10.8 Å². The summed E-state index contributed by atoms with van der Waals surface area (Å²) < 4.78 is 5.43. The van der Waals surface area contributed by atoms with Crippen LogP contribution in [0.5, 0.6) is 0 Å². The Morgan fingerprint density at radius 2 is 1.55 bits per heavy atom. The molecule has 1 amide bonds. The number of amides is 1. The lowest BCUT2D eigenvalue weighted by molar-refractivity contribution is -0.136. The molecule has 0 radical (unpaired) electrons. The van der Waals surface area contributed by atoms with Gasteiger partial charge in [-0.3, -0.25) is 9.69 Å². The molecule has 1 saturated heterocycles. The maximum Gasteiger partial charge on any atom is 0.339 e. The van der Waals surface area contributed by atoms with Gasteiger partial charge in [0.05, 0.1) is 5.56 Å². The summed E-state index contributed by atoms with van der Waals surface area (Å²) >= 11 is 0. The van der Waals surface area contributed by atoms with Crippen LogP contribution in [0, 0.1) is 0 Å². The van der Waals surface area contributed by atoms with Crippen molar-refractivity contribution in [3.63, 3.8) is 0 Å². The third-order valence-electron chi connectivity index (χ3n) is 6.40. The van der Waals surface area contributed by atoms with E-state index in [-0.39, 0.29) is 12.5 Å². The van der Waals surface area contributed by atoms with Crippen molar-refractivity contribution < 1.29 is 14.3 Å². The van der Waals surface area contributed by atoms with Crippen LogP contribution in [0.2, 0.25) is 0 Å². The first-order valence-corrected chi connectivity index (χ1v) is 10.9. The summed E-state index contributed by atoms with van der Waals surface area (Å²) in [7, 11) is 0. The van der Waals surface area contributed by atoms with E-state index in [0.717, 1.165) is 37.9 Å². The first-order valence-electron chi connectivity index (χ1n) is 10.9. The molecule has 158 valence electrons. The Morgan fingerprint density at radius 3 is 2.32 bits per heavy atom. The summed E-state index contributed by atoms with van der Waals surface area (Å²) in [6.07, 6.45) is 2.03. The third-order valence-corrected chi connectivity index (χ3v) is 6.40. The largest absolute Gasteiger partial charge is 0.452 e. The minimum atomic E-state index is -0.424. The monoisotopic (exact) mass is 414 g/mol. The first kappa shape index (κ1) is 19.8. The molecule has 5 rings (SSSR count). The second kappa shape index (κ2) is 8.52. The van der Waals surface area contributed by atoms with Gasteiger partial charge in [0.2, 0.25) is 0 Å². The van der Waals surface area contributed by atoms with E-state index < -0.39 is 5.97 Å². The number of rotatable bonds is 5. The molecule has 0 spiro atoms. The summed E-state index contributed by atoms with van der Waals surface area (Å²) in [6, 6.07) is 20.3. The highest BCUT2D eigenvalue weighted by molar-refractivity contribution is 6.07. The van der Waals surface area contributed by atoms with Gasteiger partial charge in [0.1, 0.15) is 0 Å². The van der Waals surface area contributed by atoms with E-state index in [1.807, 2.05) is 42.5 Å². The number of hydrogen-bond donors (Lipinski definition) is 0. The number of hydrogen-bond acceptors (Lipinski definition) is 4. The maximum atomic E-state index is 12.7. The van der Waals surface area contributed by atoms with Gasteiger partial charge in [-0.05, 0) is 46.4 Å². The molecule has 0 N–H and O–H groups in total. The zero-order valence-corrected chi connectivity index (χ0v) is 17.5. The Balaban J connectivity index is 1.16. The fourth-order valence-corrected chi connectivity index (χ4v) is 4.72. The molecule has 5 nitrogen and oxygen atoms in total. The molecule has 0 unspecified atom stereocenters.